The zero-order chi connectivity index (χ0) is 19.2. The van der Waals surface area contributed by atoms with E-state index in [4.69, 9.17) is 4.74 Å². The maximum Gasteiger partial charge on any atom is 0.257 e. The van der Waals surface area contributed by atoms with Crippen molar-refractivity contribution in [3.05, 3.63) is 84.4 Å². The second kappa shape index (κ2) is 8.59. The minimum absolute atomic E-state index is 0.106. The van der Waals surface area contributed by atoms with Crippen LogP contribution in [0.25, 0.3) is 0 Å². The monoisotopic (exact) mass is 373 g/mol. The molecule has 0 radical (unpaired) electrons. The van der Waals surface area contributed by atoms with Gasteiger partial charge in [-0.15, -0.1) is 0 Å². The smallest absolute Gasteiger partial charge is 0.257 e. The van der Waals surface area contributed by atoms with Crippen molar-refractivity contribution in [3.63, 3.8) is 0 Å². The molecule has 28 heavy (non-hydrogen) atoms. The number of rotatable bonds is 5. The van der Waals surface area contributed by atoms with E-state index in [1.807, 2.05) is 78.9 Å². The Balaban J connectivity index is 1.45. The van der Waals surface area contributed by atoms with E-state index in [2.05, 4.69) is 15.5 Å². The average molecular weight is 373 g/mol. The summed E-state index contributed by atoms with van der Waals surface area (Å²) in [6.07, 6.45) is 0. The number of anilines is 4. The van der Waals surface area contributed by atoms with Gasteiger partial charge in [0.1, 0.15) is 0 Å². The first-order valence-corrected chi connectivity index (χ1v) is 9.45. The average Bonchev–Trinajstić information content (AvgIpc) is 2.76. The fourth-order valence-corrected chi connectivity index (χ4v) is 3.27. The fourth-order valence-electron chi connectivity index (χ4n) is 3.27. The Hall–Kier alpha value is -3.31. The van der Waals surface area contributed by atoms with Gasteiger partial charge in [0.25, 0.3) is 5.91 Å². The SMILES string of the molecule is O=C(Nc1ccc(Nc2ccccc2)cc1)c1ccccc1N1CCOCC1. The highest BCUT2D eigenvalue weighted by Gasteiger charge is 2.18. The van der Waals surface area contributed by atoms with Crippen molar-refractivity contribution in [2.45, 2.75) is 0 Å². The summed E-state index contributed by atoms with van der Waals surface area (Å²) in [7, 11) is 0. The number of nitrogens with zero attached hydrogens (tertiary/aromatic N) is 1. The lowest BCUT2D eigenvalue weighted by atomic mass is 10.1. The molecule has 1 saturated heterocycles. The Labute approximate surface area is 164 Å². The van der Waals surface area contributed by atoms with Crippen LogP contribution in [0.4, 0.5) is 22.7 Å². The van der Waals surface area contributed by atoms with Crippen LogP contribution in [0.15, 0.2) is 78.9 Å². The molecule has 1 aliphatic rings. The number of hydrogen-bond acceptors (Lipinski definition) is 4. The molecule has 5 nitrogen and oxygen atoms in total. The van der Waals surface area contributed by atoms with Gasteiger partial charge in [0.15, 0.2) is 0 Å². The molecule has 5 heteroatoms. The van der Waals surface area contributed by atoms with Crippen molar-refractivity contribution in [2.75, 3.05) is 41.8 Å². The minimum atomic E-state index is -0.106. The Morgan fingerprint density at radius 3 is 2.11 bits per heavy atom. The second-order valence-electron chi connectivity index (χ2n) is 6.64. The number of hydrogen-bond donors (Lipinski definition) is 2. The largest absolute Gasteiger partial charge is 0.378 e. The van der Waals surface area contributed by atoms with E-state index in [0.717, 1.165) is 35.8 Å². The zero-order valence-corrected chi connectivity index (χ0v) is 15.6. The van der Waals surface area contributed by atoms with Crippen LogP contribution in [-0.4, -0.2) is 32.2 Å². The van der Waals surface area contributed by atoms with Crippen molar-refractivity contribution in [2.24, 2.45) is 0 Å². The van der Waals surface area contributed by atoms with E-state index in [1.165, 1.54) is 0 Å². The van der Waals surface area contributed by atoms with Gasteiger partial charge >= 0.3 is 0 Å². The molecule has 142 valence electrons. The van der Waals surface area contributed by atoms with E-state index in [9.17, 15) is 4.79 Å². The van der Waals surface area contributed by atoms with Gasteiger partial charge in [0.05, 0.1) is 18.8 Å². The number of ether oxygens (including phenoxy) is 1. The lowest BCUT2D eigenvalue weighted by Crippen LogP contribution is -2.37. The predicted molar refractivity (Wildman–Crippen MR) is 114 cm³/mol. The summed E-state index contributed by atoms with van der Waals surface area (Å²) in [6.45, 7) is 2.96. The first-order valence-electron chi connectivity index (χ1n) is 9.45. The van der Waals surface area contributed by atoms with Gasteiger partial charge in [-0.25, -0.2) is 0 Å². The maximum absolute atomic E-state index is 12.9. The molecule has 0 atom stereocenters. The highest BCUT2D eigenvalue weighted by Crippen LogP contribution is 2.24. The number of amides is 1. The predicted octanol–water partition coefficient (Wildman–Crippen LogP) is 4.52. The second-order valence-corrected chi connectivity index (χ2v) is 6.64. The molecular formula is C23H23N3O2. The molecule has 1 aliphatic heterocycles. The van der Waals surface area contributed by atoms with Crippen LogP contribution >= 0.6 is 0 Å². The summed E-state index contributed by atoms with van der Waals surface area (Å²) < 4.78 is 5.42. The van der Waals surface area contributed by atoms with Gasteiger partial charge in [-0.1, -0.05) is 30.3 Å². The van der Waals surface area contributed by atoms with Crippen molar-refractivity contribution in [1.29, 1.82) is 0 Å². The van der Waals surface area contributed by atoms with E-state index < -0.39 is 0 Å². The van der Waals surface area contributed by atoms with Gasteiger partial charge in [-0.05, 0) is 48.5 Å². The Morgan fingerprint density at radius 2 is 1.36 bits per heavy atom. The summed E-state index contributed by atoms with van der Waals surface area (Å²) in [4.78, 5) is 15.1. The van der Waals surface area contributed by atoms with Crippen LogP contribution in [0.5, 0.6) is 0 Å². The molecule has 3 aromatic rings. The highest BCUT2D eigenvalue weighted by molar-refractivity contribution is 6.08. The van der Waals surface area contributed by atoms with Gasteiger partial charge in [0.2, 0.25) is 0 Å². The third-order valence-electron chi connectivity index (χ3n) is 4.71. The van der Waals surface area contributed by atoms with Crippen LogP contribution in [0.2, 0.25) is 0 Å². The molecule has 0 unspecified atom stereocenters. The highest BCUT2D eigenvalue weighted by atomic mass is 16.5. The molecule has 4 rings (SSSR count). The van der Waals surface area contributed by atoms with Crippen molar-refractivity contribution >= 4 is 28.7 Å². The van der Waals surface area contributed by atoms with Gasteiger partial charge < -0.3 is 20.3 Å². The van der Waals surface area contributed by atoms with E-state index in [-0.39, 0.29) is 5.91 Å². The number of carbonyl (C=O) groups excluding carboxylic acids is 1. The topological polar surface area (TPSA) is 53.6 Å². The number of nitrogens with one attached hydrogen (secondary N) is 2. The van der Waals surface area contributed by atoms with Crippen molar-refractivity contribution in [3.8, 4) is 0 Å². The number of benzene rings is 3. The summed E-state index contributed by atoms with van der Waals surface area (Å²) in [6, 6.07) is 25.4. The lowest BCUT2D eigenvalue weighted by Gasteiger charge is -2.30. The number of morpholine rings is 1. The quantitative estimate of drug-likeness (QED) is 0.690. The first-order chi connectivity index (χ1) is 13.8. The third kappa shape index (κ3) is 4.32. The number of carbonyl (C=O) groups is 1. The lowest BCUT2D eigenvalue weighted by molar-refractivity contribution is 0.102. The molecule has 3 aromatic carbocycles. The van der Waals surface area contributed by atoms with Gasteiger partial charge in [0, 0.05) is 35.8 Å². The molecule has 0 aliphatic carbocycles. The minimum Gasteiger partial charge on any atom is -0.378 e. The molecule has 1 amide bonds. The van der Waals surface area contributed by atoms with Gasteiger partial charge in [-0.3, -0.25) is 4.79 Å². The molecule has 1 fully saturated rings. The van der Waals surface area contributed by atoms with E-state index in [1.54, 1.807) is 0 Å². The van der Waals surface area contributed by atoms with Crippen LogP contribution in [0, 0.1) is 0 Å². The van der Waals surface area contributed by atoms with E-state index >= 15 is 0 Å². The zero-order valence-electron chi connectivity index (χ0n) is 15.6. The Morgan fingerprint density at radius 1 is 0.750 bits per heavy atom. The molecule has 0 aromatic heterocycles. The van der Waals surface area contributed by atoms with E-state index in [0.29, 0.717) is 18.8 Å². The fraction of sp³-hybridized carbons (Fsp3) is 0.174. The summed E-state index contributed by atoms with van der Waals surface area (Å²) in [5, 5.41) is 6.34. The summed E-state index contributed by atoms with van der Waals surface area (Å²) >= 11 is 0. The first kappa shape index (κ1) is 18.1. The van der Waals surface area contributed by atoms with Crippen LogP contribution < -0.4 is 15.5 Å². The van der Waals surface area contributed by atoms with Gasteiger partial charge in [-0.2, -0.15) is 0 Å². The van der Waals surface area contributed by atoms with Crippen LogP contribution in [-0.2, 0) is 4.74 Å². The van der Waals surface area contributed by atoms with Crippen LogP contribution in [0.1, 0.15) is 10.4 Å². The summed E-state index contributed by atoms with van der Waals surface area (Å²) in [5.74, 6) is -0.106. The molecule has 2 N–H and O–H groups in total. The maximum atomic E-state index is 12.9. The Bertz CT molecular complexity index is 920. The van der Waals surface area contributed by atoms with Crippen molar-refractivity contribution < 1.29 is 9.53 Å². The molecule has 1 heterocycles. The standard InChI is InChI=1S/C23H23N3O2/c27-23(21-8-4-5-9-22(21)26-14-16-28-17-15-26)25-20-12-10-19(11-13-20)24-18-6-2-1-3-7-18/h1-13,24H,14-17H2,(H,25,27). The third-order valence-corrected chi connectivity index (χ3v) is 4.71. The van der Waals surface area contributed by atoms with Crippen molar-refractivity contribution in [1.82, 2.24) is 0 Å². The number of para-hydroxylation sites is 2. The molecule has 0 spiro atoms. The Kier molecular flexibility index (Phi) is 5.54. The molecular weight excluding hydrogens is 350 g/mol. The molecule has 0 bridgehead atoms. The normalized spacial score (nSPS) is 13.8. The van der Waals surface area contributed by atoms with Crippen LogP contribution in [0.3, 0.4) is 0 Å². The summed E-state index contributed by atoms with van der Waals surface area (Å²) in [5.41, 5.74) is 4.39. The molecule has 0 saturated carbocycles.